The Kier molecular flexibility index (Phi) is 3.82. The Morgan fingerprint density at radius 2 is 2.00 bits per heavy atom. The molecule has 20 heavy (non-hydrogen) atoms. The summed E-state index contributed by atoms with van der Waals surface area (Å²) in [6.45, 7) is 0.563. The first-order valence-electron chi connectivity index (χ1n) is 6.49. The van der Waals surface area contributed by atoms with Crippen LogP contribution in [0.3, 0.4) is 0 Å². The van der Waals surface area contributed by atoms with Gasteiger partial charge in [0.25, 0.3) is 0 Å². The first-order valence-corrected chi connectivity index (χ1v) is 6.49. The summed E-state index contributed by atoms with van der Waals surface area (Å²) in [4.78, 5) is 6.03. The standard InChI is InChI=1S/C13H19F3N4/c1-20(2)12(4-3-5-12)8-18-11-7-9(13(14,15)16)6-10(17)19-11/h6-7H,3-5,8H2,1-2H3,(H3,17,18,19). The number of nitrogen functional groups attached to an aromatic ring is 1. The summed E-state index contributed by atoms with van der Waals surface area (Å²) >= 11 is 0. The molecule has 0 atom stereocenters. The maximum atomic E-state index is 12.7. The molecule has 0 radical (unpaired) electrons. The quantitative estimate of drug-likeness (QED) is 0.894. The molecule has 1 fully saturated rings. The third-order valence-corrected chi connectivity index (χ3v) is 4.00. The summed E-state index contributed by atoms with van der Waals surface area (Å²) < 4.78 is 38.1. The molecular weight excluding hydrogens is 269 g/mol. The van der Waals surface area contributed by atoms with Crippen LogP contribution in [0.4, 0.5) is 24.8 Å². The zero-order valence-electron chi connectivity index (χ0n) is 11.6. The SMILES string of the molecule is CN(C)C1(CNc2cc(C(F)(F)F)cc(N)n2)CCC1. The number of anilines is 2. The van der Waals surface area contributed by atoms with Gasteiger partial charge in [0.15, 0.2) is 0 Å². The molecule has 0 saturated heterocycles. The van der Waals surface area contributed by atoms with Gasteiger partial charge in [0, 0.05) is 12.1 Å². The van der Waals surface area contributed by atoms with Crippen molar-refractivity contribution in [3.63, 3.8) is 0 Å². The van der Waals surface area contributed by atoms with Gasteiger partial charge in [0.05, 0.1) is 5.56 Å². The average molecular weight is 288 g/mol. The molecule has 1 heterocycles. The number of hydrogen-bond donors (Lipinski definition) is 2. The van der Waals surface area contributed by atoms with Crippen molar-refractivity contribution in [2.24, 2.45) is 0 Å². The Labute approximate surface area is 116 Å². The van der Waals surface area contributed by atoms with E-state index in [2.05, 4.69) is 15.2 Å². The largest absolute Gasteiger partial charge is 0.416 e. The highest BCUT2D eigenvalue weighted by atomic mass is 19.4. The number of pyridine rings is 1. The van der Waals surface area contributed by atoms with Gasteiger partial charge >= 0.3 is 6.18 Å². The molecule has 1 aromatic rings. The summed E-state index contributed by atoms with van der Waals surface area (Å²) in [5, 5.41) is 2.99. The topological polar surface area (TPSA) is 54.2 Å². The molecule has 0 unspecified atom stereocenters. The number of rotatable bonds is 4. The second-order valence-corrected chi connectivity index (χ2v) is 5.49. The monoisotopic (exact) mass is 288 g/mol. The van der Waals surface area contributed by atoms with Crippen LogP contribution in [0.15, 0.2) is 12.1 Å². The second-order valence-electron chi connectivity index (χ2n) is 5.49. The molecule has 1 aromatic heterocycles. The van der Waals surface area contributed by atoms with Gasteiger partial charge < -0.3 is 16.0 Å². The Hall–Kier alpha value is -1.50. The molecule has 2 rings (SSSR count). The lowest BCUT2D eigenvalue weighted by molar-refractivity contribution is -0.137. The van der Waals surface area contributed by atoms with E-state index in [9.17, 15) is 13.2 Å². The van der Waals surface area contributed by atoms with Crippen LogP contribution in [0.25, 0.3) is 0 Å². The number of nitrogens with one attached hydrogen (secondary N) is 1. The Morgan fingerprint density at radius 1 is 1.35 bits per heavy atom. The van der Waals surface area contributed by atoms with Gasteiger partial charge in [0.2, 0.25) is 0 Å². The number of halogens is 3. The number of likely N-dealkylation sites (N-methyl/N-ethyl adjacent to an activating group) is 1. The molecule has 0 aromatic carbocycles. The van der Waals surface area contributed by atoms with Gasteiger partial charge in [-0.25, -0.2) is 4.98 Å². The van der Waals surface area contributed by atoms with Crippen LogP contribution in [0.5, 0.6) is 0 Å². The first-order chi connectivity index (χ1) is 9.23. The van der Waals surface area contributed by atoms with E-state index < -0.39 is 11.7 Å². The fourth-order valence-electron chi connectivity index (χ4n) is 2.43. The minimum Gasteiger partial charge on any atom is -0.384 e. The summed E-state index contributed by atoms with van der Waals surface area (Å²) in [6.07, 6.45) is -1.22. The van der Waals surface area contributed by atoms with Crippen molar-refractivity contribution in [2.45, 2.75) is 31.0 Å². The fraction of sp³-hybridized carbons (Fsp3) is 0.615. The molecule has 0 bridgehead atoms. The molecule has 112 valence electrons. The molecule has 3 N–H and O–H groups in total. The normalized spacial score (nSPS) is 17.9. The van der Waals surface area contributed by atoms with Crippen LogP contribution in [0.1, 0.15) is 24.8 Å². The highest BCUT2D eigenvalue weighted by Gasteiger charge is 2.39. The Balaban J connectivity index is 2.12. The number of nitrogens with two attached hydrogens (primary N) is 1. The van der Waals surface area contributed by atoms with Crippen LogP contribution >= 0.6 is 0 Å². The van der Waals surface area contributed by atoms with Gasteiger partial charge in [-0.3, -0.25) is 0 Å². The smallest absolute Gasteiger partial charge is 0.384 e. The maximum Gasteiger partial charge on any atom is 0.416 e. The molecule has 1 aliphatic carbocycles. The van der Waals surface area contributed by atoms with Crippen LogP contribution in [0, 0.1) is 0 Å². The summed E-state index contributed by atoms with van der Waals surface area (Å²) in [6, 6.07) is 1.84. The highest BCUT2D eigenvalue weighted by Crippen LogP contribution is 2.36. The van der Waals surface area contributed by atoms with E-state index in [4.69, 9.17) is 5.73 Å². The molecule has 4 nitrogen and oxygen atoms in total. The first kappa shape index (κ1) is 14.9. The van der Waals surface area contributed by atoms with E-state index in [-0.39, 0.29) is 17.2 Å². The van der Waals surface area contributed by atoms with Crippen molar-refractivity contribution in [1.29, 1.82) is 0 Å². The molecule has 0 amide bonds. The molecule has 7 heteroatoms. The highest BCUT2D eigenvalue weighted by molar-refractivity contribution is 5.47. The number of hydrogen-bond acceptors (Lipinski definition) is 4. The fourth-order valence-corrected chi connectivity index (χ4v) is 2.43. The Morgan fingerprint density at radius 3 is 2.45 bits per heavy atom. The molecule has 0 aliphatic heterocycles. The zero-order chi connectivity index (χ0) is 15.0. The van der Waals surface area contributed by atoms with Crippen molar-refractivity contribution < 1.29 is 13.2 Å². The van der Waals surface area contributed by atoms with Crippen LogP contribution in [-0.4, -0.2) is 36.1 Å². The van der Waals surface area contributed by atoms with Gasteiger partial charge in [-0.2, -0.15) is 13.2 Å². The van der Waals surface area contributed by atoms with Crippen LogP contribution in [0.2, 0.25) is 0 Å². The third-order valence-electron chi connectivity index (χ3n) is 4.00. The van der Waals surface area contributed by atoms with E-state index in [1.807, 2.05) is 14.1 Å². The molecule has 1 saturated carbocycles. The number of nitrogens with zero attached hydrogens (tertiary/aromatic N) is 2. The predicted octanol–water partition coefficient (Wildman–Crippen LogP) is 2.58. The van der Waals surface area contributed by atoms with Crippen molar-refractivity contribution in [3.8, 4) is 0 Å². The molecule has 1 aliphatic rings. The predicted molar refractivity (Wildman–Crippen MR) is 72.4 cm³/mol. The lowest BCUT2D eigenvalue weighted by atomic mass is 9.75. The number of aromatic nitrogens is 1. The number of alkyl halides is 3. The van der Waals surface area contributed by atoms with Crippen molar-refractivity contribution >= 4 is 11.6 Å². The Bertz CT molecular complexity index is 481. The summed E-state index contributed by atoms with van der Waals surface area (Å²) in [7, 11) is 3.96. The lowest BCUT2D eigenvalue weighted by Crippen LogP contribution is -2.54. The molecular formula is C13H19F3N4. The lowest BCUT2D eigenvalue weighted by Gasteiger charge is -2.47. The van der Waals surface area contributed by atoms with E-state index >= 15 is 0 Å². The van der Waals surface area contributed by atoms with E-state index in [0.29, 0.717) is 6.54 Å². The zero-order valence-corrected chi connectivity index (χ0v) is 11.6. The third kappa shape index (κ3) is 2.98. The molecule has 0 spiro atoms. The minimum absolute atomic E-state index is 0.00464. The van der Waals surface area contributed by atoms with E-state index in [1.54, 1.807) is 0 Å². The van der Waals surface area contributed by atoms with Gasteiger partial charge in [-0.1, -0.05) is 0 Å². The summed E-state index contributed by atoms with van der Waals surface area (Å²) in [5.74, 6) is 0.0419. The average Bonchev–Trinajstić information content (AvgIpc) is 2.25. The van der Waals surface area contributed by atoms with Crippen LogP contribution in [-0.2, 0) is 6.18 Å². The van der Waals surface area contributed by atoms with Gasteiger partial charge in [0.1, 0.15) is 11.6 Å². The van der Waals surface area contributed by atoms with Gasteiger partial charge in [-0.15, -0.1) is 0 Å². The second kappa shape index (κ2) is 5.12. The van der Waals surface area contributed by atoms with E-state index in [1.165, 1.54) is 0 Å². The van der Waals surface area contributed by atoms with Crippen LogP contribution < -0.4 is 11.1 Å². The maximum absolute atomic E-state index is 12.7. The summed E-state index contributed by atoms with van der Waals surface area (Å²) in [5.41, 5.74) is 4.67. The van der Waals surface area contributed by atoms with Crippen molar-refractivity contribution in [2.75, 3.05) is 31.7 Å². The van der Waals surface area contributed by atoms with Gasteiger partial charge in [-0.05, 0) is 45.5 Å². The van der Waals surface area contributed by atoms with Crippen molar-refractivity contribution in [3.05, 3.63) is 17.7 Å². The minimum atomic E-state index is -4.41. The van der Waals surface area contributed by atoms with Crippen molar-refractivity contribution in [1.82, 2.24) is 9.88 Å². The van der Waals surface area contributed by atoms with E-state index in [0.717, 1.165) is 31.4 Å².